The van der Waals surface area contributed by atoms with Gasteiger partial charge in [-0.05, 0) is 73.5 Å². The van der Waals surface area contributed by atoms with Crippen LogP contribution in [0, 0.1) is 5.92 Å². The maximum Gasteiger partial charge on any atom is 0.251 e. The first-order chi connectivity index (χ1) is 14.6. The van der Waals surface area contributed by atoms with Crippen LogP contribution >= 0.6 is 10.7 Å². The van der Waals surface area contributed by atoms with E-state index in [0.717, 1.165) is 38.2 Å². The Labute approximate surface area is 181 Å². The van der Waals surface area contributed by atoms with E-state index in [1.165, 1.54) is 11.0 Å². The van der Waals surface area contributed by atoms with Crippen molar-refractivity contribution in [2.75, 3.05) is 25.0 Å². The van der Waals surface area contributed by atoms with Crippen molar-refractivity contribution in [1.82, 2.24) is 9.62 Å². The molecule has 158 valence electrons. The molecule has 1 aliphatic heterocycles. The minimum Gasteiger partial charge on any atom is -0.352 e. The maximum atomic E-state index is 12.2. The van der Waals surface area contributed by atoms with Gasteiger partial charge in [-0.1, -0.05) is 35.4 Å². The summed E-state index contributed by atoms with van der Waals surface area (Å²) in [7, 11) is -0.0732. The van der Waals surface area contributed by atoms with Crippen molar-refractivity contribution in [3.05, 3.63) is 72.8 Å². The molecule has 0 aliphatic carbocycles. The van der Waals surface area contributed by atoms with Gasteiger partial charge < -0.3 is 10.6 Å². The average molecular weight is 424 g/mol. The second-order valence-corrected chi connectivity index (χ2v) is 9.30. The molecule has 3 rings (SSSR count). The van der Waals surface area contributed by atoms with E-state index in [2.05, 4.69) is 45.9 Å². The van der Waals surface area contributed by atoms with E-state index in [1.54, 1.807) is 0 Å². The number of nitrogens with zero attached hydrogens (tertiary/aromatic N) is 1. The standard InChI is InChI=1S/C24H29N3O2S/c1-3-23(28)26-21-10-12-22(13-11-21)30(4-2)27-16-14-19(15-17-27)18-25-24(29)20-8-6-5-7-9-20/h3-13,19H,1,14-18H2,2H3,(H,25,29)(H,26,28). The second kappa shape index (κ2) is 10.9. The molecule has 2 amide bonds. The molecule has 1 unspecified atom stereocenters. The van der Waals surface area contributed by atoms with Crippen LogP contribution in [0.3, 0.4) is 0 Å². The van der Waals surface area contributed by atoms with E-state index in [9.17, 15) is 9.59 Å². The van der Waals surface area contributed by atoms with Gasteiger partial charge in [0.1, 0.15) is 0 Å². The molecule has 1 heterocycles. The maximum absolute atomic E-state index is 12.2. The zero-order valence-electron chi connectivity index (χ0n) is 17.3. The molecule has 2 aromatic carbocycles. The molecular weight excluding hydrogens is 394 g/mol. The van der Waals surface area contributed by atoms with Crippen LogP contribution in [0.2, 0.25) is 0 Å². The number of rotatable bonds is 7. The van der Waals surface area contributed by atoms with Crippen LogP contribution in [0.1, 0.15) is 30.1 Å². The molecule has 1 saturated heterocycles. The van der Waals surface area contributed by atoms with Crippen LogP contribution in [0.4, 0.5) is 5.69 Å². The van der Waals surface area contributed by atoms with E-state index >= 15 is 0 Å². The van der Waals surface area contributed by atoms with Crippen molar-refractivity contribution in [2.24, 2.45) is 5.92 Å². The summed E-state index contributed by atoms with van der Waals surface area (Å²) in [4.78, 5) is 24.9. The zero-order valence-corrected chi connectivity index (χ0v) is 18.2. The van der Waals surface area contributed by atoms with Crippen molar-refractivity contribution in [3.8, 4) is 0 Å². The predicted molar refractivity (Wildman–Crippen MR) is 126 cm³/mol. The summed E-state index contributed by atoms with van der Waals surface area (Å²) in [5.74, 6) is 0.307. The van der Waals surface area contributed by atoms with Crippen molar-refractivity contribution in [3.63, 3.8) is 0 Å². The Hall–Kier alpha value is -2.70. The number of piperidine rings is 1. The molecule has 1 fully saturated rings. The van der Waals surface area contributed by atoms with Gasteiger partial charge in [-0.25, -0.2) is 0 Å². The lowest BCUT2D eigenvalue weighted by Crippen LogP contribution is -2.36. The lowest BCUT2D eigenvalue weighted by molar-refractivity contribution is -0.111. The first kappa shape index (κ1) is 22.0. The third-order valence-electron chi connectivity index (χ3n) is 5.21. The molecule has 1 aliphatic rings. The van der Waals surface area contributed by atoms with E-state index in [-0.39, 0.29) is 22.5 Å². The highest BCUT2D eigenvalue weighted by Gasteiger charge is 2.22. The van der Waals surface area contributed by atoms with Gasteiger partial charge in [0.05, 0.1) is 0 Å². The number of hydrogen-bond donors (Lipinski definition) is 2. The van der Waals surface area contributed by atoms with Gasteiger partial charge in [0, 0.05) is 35.8 Å². The van der Waals surface area contributed by atoms with Crippen LogP contribution < -0.4 is 10.6 Å². The van der Waals surface area contributed by atoms with E-state index in [0.29, 0.717) is 11.5 Å². The molecule has 0 spiro atoms. The number of carbonyl (C=O) groups is 2. The number of amides is 2. The SMILES string of the molecule is C=CC(=O)Nc1ccc(S(=CC)N2CCC(CNC(=O)c3ccccc3)CC2)cc1. The van der Waals surface area contributed by atoms with Crippen LogP contribution in [0.5, 0.6) is 0 Å². The van der Waals surface area contributed by atoms with Gasteiger partial charge in [-0.3, -0.25) is 13.9 Å². The fourth-order valence-electron chi connectivity index (χ4n) is 3.54. The lowest BCUT2D eigenvalue weighted by atomic mass is 9.98. The monoisotopic (exact) mass is 423 g/mol. The minimum atomic E-state index is -0.203. The number of benzene rings is 2. The van der Waals surface area contributed by atoms with Crippen molar-refractivity contribution in [1.29, 1.82) is 0 Å². The first-order valence-electron chi connectivity index (χ1n) is 10.2. The summed E-state index contributed by atoms with van der Waals surface area (Å²) in [6, 6.07) is 17.4. The van der Waals surface area contributed by atoms with Crippen LogP contribution in [-0.4, -0.2) is 41.1 Å². The van der Waals surface area contributed by atoms with E-state index in [4.69, 9.17) is 0 Å². The Morgan fingerprint density at radius 2 is 1.77 bits per heavy atom. The van der Waals surface area contributed by atoms with E-state index < -0.39 is 0 Å². The van der Waals surface area contributed by atoms with Gasteiger partial charge in [-0.15, -0.1) is 0 Å². The fraction of sp³-hybridized carbons (Fsp3) is 0.292. The number of hydrogen-bond acceptors (Lipinski definition) is 3. The summed E-state index contributed by atoms with van der Waals surface area (Å²) in [5, 5.41) is 8.11. The smallest absolute Gasteiger partial charge is 0.251 e. The van der Waals surface area contributed by atoms with Crippen LogP contribution in [0.25, 0.3) is 0 Å². The molecule has 0 aromatic heterocycles. The molecule has 5 nitrogen and oxygen atoms in total. The number of anilines is 1. The summed E-state index contributed by atoms with van der Waals surface area (Å²) >= 11 is 0. The number of nitrogens with one attached hydrogen (secondary N) is 2. The Kier molecular flexibility index (Phi) is 7.99. The quantitative estimate of drug-likeness (QED) is 0.515. The Morgan fingerprint density at radius 3 is 2.37 bits per heavy atom. The third-order valence-corrected chi connectivity index (χ3v) is 7.33. The van der Waals surface area contributed by atoms with Gasteiger partial charge >= 0.3 is 0 Å². The lowest BCUT2D eigenvalue weighted by Gasteiger charge is -2.34. The fourth-order valence-corrected chi connectivity index (χ4v) is 5.43. The Balaban J connectivity index is 1.51. The summed E-state index contributed by atoms with van der Waals surface area (Å²) in [6.07, 6.45) is 3.41. The predicted octanol–water partition coefficient (Wildman–Crippen LogP) is 4.32. The zero-order chi connectivity index (χ0) is 21.3. The molecule has 0 bridgehead atoms. The highest BCUT2D eigenvalue weighted by Crippen LogP contribution is 2.34. The Morgan fingerprint density at radius 1 is 1.10 bits per heavy atom. The molecule has 2 aromatic rings. The largest absolute Gasteiger partial charge is 0.352 e. The average Bonchev–Trinajstić information content (AvgIpc) is 2.80. The van der Waals surface area contributed by atoms with Crippen molar-refractivity contribution >= 4 is 33.5 Å². The third kappa shape index (κ3) is 5.90. The Bertz CT molecular complexity index is 902. The molecule has 0 saturated carbocycles. The minimum absolute atomic E-state index is 0.00306. The summed E-state index contributed by atoms with van der Waals surface area (Å²) in [5.41, 5.74) is 1.49. The van der Waals surface area contributed by atoms with Gasteiger partial charge in [0.2, 0.25) is 5.91 Å². The number of carbonyl (C=O) groups excluding carboxylic acids is 2. The topological polar surface area (TPSA) is 61.4 Å². The van der Waals surface area contributed by atoms with Crippen molar-refractivity contribution < 1.29 is 9.59 Å². The van der Waals surface area contributed by atoms with Crippen LogP contribution in [0.15, 0.2) is 72.1 Å². The highest BCUT2D eigenvalue weighted by molar-refractivity contribution is 8.13. The first-order valence-corrected chi connectivity index (χ1v) is 11.5. The summed E-state index contributed by atoms with van der Waals surface area (Å²) in [6.45, 7) is 8.32. The van der Waals surface area contributed by atoms with Gasteiger partial charge in [0.15, 0.2) is 0 Å². The molecule has 2 N–H and O–H groups in total. The molecule has 0 radical (unpaired) electrons. The highest BCUT2D eigenvalue weighted by atomic mass is 32.2. The molecular formula is C24H29N3O2S. The summed E-state index contributed by atoms with van der Waals surface area (Å²) < 4.78 is 2.51. The molecule has 1 atom stereocenters. The van der Waals surface area contributed by atoms with Crippen LogP contribution in [-0.2, 0) is 4.79 Å². The molecule has 6 heteroatoms. The molecule has 30 heavy (non-hydrogen) atoms. The van der Waals surface area contributed by atoms with Gasteiger partial charge in [-0.2, -0.15) is 0 Å². The van der Waals surface area contributed by atoms with Crippen molar-refractivity contribution in [2.45, 2.75) is 24.7 Å². The van der Waals surface area contributed by atoms with E-state index in [1.807, 2.05) is 42.5 Å². The van der Waals surface area contributed by atoms with Gasteiger partial charge in [0.25, 0.3) is 5.91 Å². The second-order valence-electron chi connectivity index (χ2n) is 7.22. The normalized spacial score (nSPS) is 16.0.